The molecular formula is C24H20Cl2N2O4S. The van der Waals surface area contributed by atoms with Gasteiger partial charge in [0.05, 0.1) is 17.0 Å². The molecule has 0 spiro atoms. The van der Waals surface area contributed by atoms with Crippen LogP contribution in [0.15, 0.2) is 83.8 Å². The van der Waals surface area contributed by atoms with E-state index in [1.807, 2.05) is 6.07 Å². The van der Waals surface area contributed by atoms with Crippen LogP contribution in [0.3, 0.4) is 0 Å². The van der Waals surface area contributed by atoms with Gasteiger partial charge in [-0.2, -0.15) is 4.31 Å². The summed E-state index contributed by atoms with van der Waals surface area (Å²) < 4.78 is 28.7. The summed E-state index contributed by atoms with van der Waals surface area (Å²) in [6.45, 7) is 1.70. The molecule has 1 saturated heterocycles. The molecule has 1 fully saturated rings. The van der Waals surface area contributed by atoms with E-state index < -0.39 is 33.9 Å². The number of anilines is 1. The van der Waals surface area contributed by atoms with Crippen molar-refractivity contribution >= 4 is 50.7 Å². The molecule has 6 nitrogen and oxygen atoms in total. The van der Waals surface area contributed by atoms with Crippen molar-refractivity contribution in [2.24, 2.45) is 0 Å². The van der Waals surface area contributed by atoms with Gasteiger partial charge in [0.25, 0.3) is 5.91 Å². The van der Waals surface area contributed by atoms with Crippen molar-refractivity contribution in [1.29, 1.82) is 0 Å². The van der Waals surface area contributed by atoms with E-state index >= 15 is 0 Å². The number of nitrogens with zero attached hydrogens (tertiary/aromatic N) is 2. The number of halogens is 2. The van der Waals surface area contributed by atoms with Gasteiger partial charge in [-0.3, -0.25) is 9.59 Å². The lowest BCUT2D eigenvalue weighted by Crippen LogP contribution is -2.46. The van der Waals surface area contributed by atoms with E-state index in [2.05, 4.69) is 0 Å². The molecule has 2 atom stereocenters. The first-order valence-corrected chi connectivity index (χ1v) is 12.4. The molecule has 1 aliphatic heterocycles. The lowest BCUT2D eigenvalue weighted by Gasteiger charge is -2.32. The molecule has 3 aromatic rings. The van der Waals surface area contributed by atoms with Crippen LogP contribution in [0.5, 0.6) is 0 Å². The molecule has 0 N–H and O–H groups in total. The molecule has 0 aromatic heterocycles. The maximum absolute atomic E-state index is 13.8. The van der Waals surface area contributed by atoms with Gasteiger partial charge in [0.1, 0.15) is 6.04 Å². The minimum absolute atomic E-state index is 0.0140. The van der Waals surface area contributed by atoms with E-state index in [1.165, 1.54) is 24.3 Å². The highest BCUT2D eigenvalue weighted by molar-refractivity contribution is 7.89. The first-order chi connectivity index (χ1) is 15.7. The van der Waals surface area contributed by atoms with Crippen LogP contribution < -0.4 is 4.90 Å². The molecule has 9 heteroatoms. The predicted molar refractivity (Wildman–Crippen MR) is 128 cm³/mol. The van der Waals surface area contributed by atoms with Gasteiger partial charge in [-0.1, -0.05) is 53.5 Å². The van der Waals surface area contributed by atoms with Crippen LogP contribution in [-0.2, 0) is 19.6 Å². The molecule has 0 aliphatic carbocycles. The number of sulfonamides is 1. The van der Waals surface area contributed by atoms with Crippen molar-refractivity contribution in [2.75, 3.05) is 4.90 Å². The van der Waals surface area contributed by atoms with Gasteiger partial charge in [-0.15, -0.1) is 0 Å². The third-order valence-electron chi connectivity index (χ3n) is 5.57. The zero-order valence-corrected chi connectivity index (χ0v) is 19.9. The van der Waals surface area contributed by atoms with E-state index in [9.17, 15) is 18.0 Å². The lowest BCUT2D eigenvalue weighted by molar-refractivity contribution is -0.122. The SMILES string of the molecule is CC(c1ccccc1)N(C1CC(=O)N(c2ccc(Cl)cc2)C1=O)S(=O)(=O)c1ccc(Cl)cc1. The number of rotatable bonds is 6. The highest BCUT2D eigenvalue weighted by Gasteiger charge is 2.48. The smallest absolute Gasteiger partial charge is 0.252 e. The maximum atomic E-state index is 13.8. The van der Waals surface area contributed by atoms with Crippen LogP contribution in [0.25, 0.3) is 0 Å². The van der Waals surface area contributed by atoms with Gasteiger partial charge >= 0.3 is 0 Å². The Morgan fingerprint density at radius 1 is 0.879 bits per heavy atom. The topological polar surface area (TPSA) is 74.8 Å². The van der Waals surface area contributed by atoms with E-state index in [1.54, 1.807) is 55.5 Å². The van der Waals surface area contributed by atoms with Crippen molar-refractivity contribution in [1.82, 2.24) is 4.31 Å². The Balaban J connectivity index is 1.79. The molecule has 33 heavy (non-hydrogen) atoms. The number of amides is 2. The largest absolute Gasteiger partial charge is 0.274 e. The fraction of sp³-hybridized carbons (Fsp3) is 0.167. The summed E-state index contributed by atoms with van der Waals surface area (Å²) in [5.74, 6) is -1.09. The number of hydrogen-bond donors (Lipinski definition) is 0. The summed E-state index contributed by atoms with van der Waals surface area (Å²) in [6.07, 6.45) is -0.272. The highest BCUT2D eigenvalue weighted by Crippen LogP contribution is 2.36. The second kappa shape index (κ2) is 9.27. The summed E-state index contributed by atoms with van der Waals surface area (Å²) in [4.78, 5) is 27.3. The molecule has 3 aromatic carbocycles. The van der Waals surface area contributed by atoms with Crippen LogP contribution in [-0.4, -0.2) is 30.6 Å². The molecular weight excluding hydrogens is 483 g/mol. The number of hydrogen-bond acceptors (Lipinski definition) is 4. The van der Waals surface area contributed by atoms with Crippen LogP contribution in [0.1, 0.15) is 24.9 Å². The van der Waals surface area contributed by atoms with E-state index in [0.29, 0.717) is 21.3 Å². The van der Waals surface area contributed by atoms with Crippen LogP contribution in [0.4, 0.5) is 5.69 Å². The molecule has 2 unspecified atom stereocenters. The zero-order valence-electron chi connectivity index (χ0n) is 17.6. The van der Waals surface area contributed by atoms with Gasteiger partial charge in [0, 0.05) is 16.1 Å². The van der Waals surface area contributed by atoms with Crippen molar-refractivity contribution in [3.8, 4) is 0 Å². The lowest BCUT2D eigenvalue weighted by atomic mass is 10.1. The van der Waals surface area contributed by atoms with Crippen LogP contribution >= 0.6 is 23.2 Å². The summed E-state index contributed by atoms with van der Waals surface area (Å²) in [5, 5.41) is 0.844. The molecule has 1 heterocycles. The van der Waals surface area contributed by atoms with Crippen molar-refractivity contribution in [2.45, 2.75) is 30.3 Å². The molecule has 0 bridgehead atoms. The average Bonchev–Trinajstić information content (AvgIpc) is 3.08. The third-order valence-corrected chi connectivity index (χ3v) is 8.07. The zero-order chi connectivity index (χ0) is 23.8. The number of carbonyl (C=O) groups is 2. The first kappa shape index (κ1) is 23.4. The summed E-state index contributed by atoms with van der Waals surface area (Å²) in [5.41, 5.74) is 1.04. The van der Waals surface area contributed by atoms with Gasteiger partial charge in [-0.05, 0) is 61.0 Å². The molecule has 1 aliphatic rings. The maximum Gasteiger partial charge on any atom is 0.252 e. The highest BCUT2D eigenvalue weighted by atomic mass is 35.5. The fourth-order valence-electron chi connectivity index (χ4n) is 3.93. The molecule has 170 valence electrons. The summed E-state index contributed by atoms with van der Waals surface area (Å²) in [7, 11) is -4.16. The molecule has 2 amide bonds. The van der Waals surface area contributed by atoms with Crippen molar-refractivity contribution in [3.05, 3.63) is 94.5 Å². The summed E-state index contributed by atoms with van der Waals surface area (Å²) in [6, 6.07) is 19.0. The van der Waals surface area contributed by atoms with Gasteiger partial charge in [0.2, 0.25) is 15.9 Å². The fourth-order valence-corrected chi connectivity index (χ4v) is 5.94. The Morgan fingerprint density at radius 2 is 1.42 bits per heavy atom. The summed E-state index contributed by atoms with van der Waals surface area (Å²) >= 11 is 11.9. The van der Waals surface area contributed by atoms with Crippen molar-refractivity contribution < 1.29 is 18.0 Å². The second-order valence-corrected chi connectivity index (χ2v) is 10.4. The normalized spacial score (nSPS) is 17.6. The van der Waals surface area contributed by atoms with Crippen molar-refractivity contribution in [3.63, 3.8) is 0 Å². The second-order valence-electron chi connectivity index (χ2n) is 7.64. The average molecular weight is 503 g/mol. The third kappa shape index (κ3) is 4.54. The van der Waals surface area contributed by atoms with Gasteiger partial charge in [-0.25, -0.2) is 13.3 Å². The van der Waals surface area contributed by atoms with Gasteiger partial charge < -0.3 is 0 Å². The van der Waals surface area contributed by atoms with Crippen LogP contribution in [0, 0.1) is 0 Å². The quantitative estimate of drug-likeness (QED) is 0.440. The number of carbonyl (C=O) groups excluding carboxylic acids is 2. The number of imide groups is 1. The van der Waals surface area contributed by atoms with E-state index in [0.717, 1.165) is 9.21 Å². The van der Waals surface area contributed by atoms with Crippen LogP contribution in [0.2, 0.25) is 10.0 Å². The molecule has 4 rings (SSSR count). The van der Waals surface area contributed by atoms with E-state index in [4.69, 9.17) is 23.2 Å². The van der Waals surface area contributed by atoms with Gasteiger partial charge in [0.15, 0.2) is 0 Å². The minimum atomic E-state index is -4.16. The Hall–Kier alpha value is -2.71. The Bertz CT molecular complexity index is 1280. The number of benzene rings is 3. The minimum Gasteiger partial charge on any atom is -0.274 e. The Kier molecular flexibility index (Phi) is 6.59. The Labute approximate surface area is 202 Å². The van der Waals surface area contributed by atoms with E-state index in [-0.39, 0.29) is 11.3 Å². The predicted octanol–water partition coefficient (Wildman–Crippen LogP) is 5.08. The standard InChI is InChI=1S/C24H20Cl2N2O4S/c1-16(17-5-3-2-4-6-17)28(33(31,32)21-13-9-19(26)10-14-21)22-15-23(29)27(24(22)30)20-11-7-18(25)8-12-20/h2-14,16,22H,15H2,1H3. The molecule has 0 saturated carbocycles. The first-order valence-electron chi connectivity index (χ1n) is 10.2. The monoisotopic (exact) mass is 502 g/mol. The molecule has 0 radical (unpaired) electrons. The Morgan fingerprint density at radius 3 is 2.00 bits per heavy atom.